The van der Waals surface area contributed by atoms with Crippen molar-refractivity contribution < 1.29 is 28.5 Å². The number of benzene rings is 1. The highest BCUT2D eigenvalue weighted by molar-refractivity contribution is 5.75. The minimum Gasteiger partial charge on any atom is -0.454 e. The molecule has 0 bridgehead atoms. The van der Waals surface area contributed by atoms with Gasteiger partial charge in [0.2, 0.25) is 13.1 Å². The van der Waals surface area contributed by atoms with E-state index in [1.165, 1.54) is 6.92 Å². The Kier molecular flexibility index (Phi) is 6.57. The van der Waals surface area contributed by atoms with Gasteiger partial charge in [0.1, 0.15) is 0 Å². The molecule has 0 saturated heterocycles. The number of carbonyl (C=O) groups is 2. The van der Waals surface area contributed by atoms with Crippen LogP contribution in [0.5, 0.6) is 11.5 Å². The molecule has 7 nitrogen and oxygen atoms in total. The molecule has 1 aliphatic heterocycles. The van der Waals surface area contributed by atoms with Crippen LogP contribution >= 0.6 is 0 Å². The zero-order valence-electron chi connectivity index (χ0n) is 16.9. The summed E-state index contributed by atoms with van der Waals surface area (Å²) in [6.07, 6.45) is -0.827. The second kappa shape index (κ2) is 8.50. The summed E-state index contributed by atoms with van der Waals surface area (Å²) < 4.78 is 21.2. The molecule has 1 aliphatic rings. The number of hydrogen-bond donors (Lipinski definition) is 0. The molecule has 0 fully saturated rings. The maximum absolute atomic E-state index is 12.5. The molecule has 27 heavy (non-hydrogen) atoms. The third-order valence-electron chi connectivity index (χ3n) is 4.23. The summed E-state index contributed by atoms with van der Waals surface area (Å²) in [5.74, 6) is 1.03. The van der Waals surface area contributed by atoms with Gasteiger partial charge in [-0.3, -0.25) is 4.79 Å². The van der Waals surface area contributed by atoms with E-state index in [4.69, 9.17) is 18.9 Å². The van der Waals surface area contributed by atoms with Crippen molar-refractivity contribution >= 4 is 12.1 Å². The number of fused-ring (bicyclic) bond motifs is 1. The van der Waals surface area contributed by atoms with E-state index in [-0.39, 0.29) is 12.8 Å². The van der Waals surface area contributed by atoms with Crippen LogP contribution in [-0.2, 0) is 20.7 Å². The number of likely N-dealkylation sites (N-methyl/N-ethyl adjacent to an activating group) is 1. The molecule has 1 heterocycles. The predicted octanol–water partition coefficient (Wildman–Crippen LogP) is 3.74. The second-order valence-corrected chi connectivity index (χ2v) is 7.63. The first kappa shape index (κ1) is 20.9. The van der Waals surface area contributed by atoms with Crippen molar-refractivity contribution in [1.82, 2.24) is 4.90 Å². The van der Waals surface area contributed by atoms with Gasteiger partial charge in [-0.15, -0.1) is 0 Å². The van der Waals surface area contributed by atoms with E-state index >= 15 is 0 Å². The van der Waals surface area contributed by atoms with Crippen molar-refractivity contribution in [3.05, 3.63) is 23.8 Å². The lowest BCUT2D eigenvalue weighted by Crippen LogP contribution is -2.42. The zero-order chi connectivity index (χ0) is 20.2. The number of nitrogens with zero attached hydrogens (tertiary/aromatic N) is 1. The zero-order valence-corrected chi connectivity index (χ0v) is 16.9. The van der Waals surface area contributed by atoms with Gasteiger partial charge in [0.25, 0.3) is 0 Å². The van der Waals surface area contributed by atoms with E-state index in [2.05, 4.69) is 0 Å². The maximum Gasteiger partial charge on any atom is 0.413 e. The molecule has 1 aromatic carbocycles. The molecule has 2 unspecified atom stereocenters. The lowest BCUT2D eigenvalue weighted by atomic mass is 9.97. The Morgan fingerprint density at radius 2 is 1.81 bits per heavy atom. The van der Waals surface area contributed by atoms with Crippen molar-refractivity contribution in [2.75, 3.05) is 13.3 Å². The van der Waals surface area contributed by atoms with Crippen LogP contribution in [0.4, 0.5) is 4.79 Å². The molecule has 150 valence electrons. The minimum absolute atomic E-state index is 0.103. The van der Waals surface area contributed by atoms with Crippen LogP contribution in [0.1, 0.15) is 47.1 Å². The number of esters is 1. The van der Waals surface area contributed by atoms with Crippen LogP contribution in [0.25, 0.3) is 0 Å². The molecular weight excluding hydrogens is 350 g/mol. The van der Waals surface area contributed by atoms with Crippen LogP contribution < -0.4 is 9.47 Å². The largest absolute Gasteiger partial charge is 0.454 e. The van der Waals surface area contributed by atoms with Crippen molar-refractivity contribution in [2.45, 2.75) is 60.3 Å². The molecule has 2 rings (SSSR count). The summed E-state index contributed by atoms with van der Waals surface area (Å²) in [7, 11) is 0. The SMILES string of the molecule is CCN(C(=O)OC(C)OC(=O)C(C)(C)C)C(C)Cc1ccc2c(c1)OCO2. The third kappa shape index (κ3) is 5.52. The average Bonchev–Trinajstić information content (AvgIpc) is 3.01. The molecule has 0 radical (unpaired) electrons. The van der Waals surface area contributed by atoms with Gasteiger partial charge in [0.05, 0.1) is 5.41 Å². The molecule has 0 N–H and O–H groups in total. The molecule has 2 atom stereocenters. The lowest BCUT2D eigenvalue weighted by molar-refractivity contribution is -0.175. The van der Waals surface area contributed by atoms with Crippen LogP contribution in [0.3, 0.4) is 0 Å². The van der Waals surface area contributed by atoms with E-state index in [0.29, 0.717) is 18.7 Å². The van der Waals surface area contributed by atoms with E-state index in [1.807, 2.05) is 32.0 Å². The van der Waals surface area contributed by atoms with Gasteiger partial charge in [0.15, 0.2) is 11.5 Å². The fraction of sp³-hybridized carbons (Fsp3) is 0.600. The summed E-state index contributed by atoms with van der Waals surface area (Å²) in [6.45, 7) is 11.3. The number of ether oxygens (including phenoxy) is 4. The fourth-order valence-electron chi connectivity index (χ4n) is 2.70. The van der Waals surface area contributed by atoms with E-state index in [1.54, 1.807) is 25.7 Å². The Hall–Kier alpha value is -2.44. The first-order valence-electron chi connectivity index (χ1n) is 9.18. The van der Waals surface area contributed by atoms with Crippen molar-refractivity contribution in [1.29, 1.82) is 0 Å². The molecule has 0 aromatic heterocycles. The van der Waals surface area contributed by atoms with Crippen molar-refractivity contribution in [3.63, 3.8) is 0 Å². The Balaban J connectivity index is 1.94. The van der Waals surface area contributed by atoms with Gasteiger partial charge in [-0.25, -0.2) is 4.79 Å². The molecule has 0 spiro atoms. The normalized spacial score (nSPS) is 15.0. The molecular formula is C20H29NO6. The predicted molar refractivity (Wildman–Crippen MR) is 99.6 cm³/mol. The topological polar surface area (TPSA) is 74.3 Å². The van der Waals surface area contributed by atoms with Gasteiger partial charge < -0.3 is 23.8 Å². The first-order chi connectivity index (χ1) is 12.6. The lowest BCUT2D eigenvalue weighted by Gasteiger charge is -2.29. The van der Waals surface area contributed by atoms with Crippen LogP contribution in [0.2, 0.25) is 0 Å². The Bertz CT molecular complexity index is 682. The Morgan fingerprint density at radius 1 is 1.15 bits per heavy atom. The van der Waals surface area contributed by atoms with E-state index in [0.717, 1.165) is 11.3 Å². The van der Waals surface area contributed by atoms with Gasteiger partial charge >= 0.3 is 12.1 Å². The minimum atomic E-state index is -0.948. The molecule has 1 amide bonds. The molecule has 1 aromatic rings. The maximum atomic E-state index is 12.5. The summed E-state index contributed by atoms with van der Waals surface area (Å²) in [4.78, 5) is 26.0. The summed E-state index contributed by atoms with van der Waals surface area (Å²) in [5.41, 5.74) is 0.378. The second-order valence-electron chi connectivity index (χ2n) is 7.63. The van der Waals surface area contributed by atoms with Crippen molar-refractivity contribution in [3.8, 4) is 11.5 Å². The van der Waals surface area contributed by atoms with Gasteiger partial charge in [0, 0.05) is 19.5 Å². The van der Waals surface area contributed by atoms with Gasteiger partial charge in [-0.05, 0) is 58.7 Å². The quantitative estimate of drug-likeness (QED) is 0.554. The van der Waals surface area contributed by atoms with Crippen molar-refractivity contribution in [2.24, 2.45) is 5.41 Å². The Labute approximate surface area is 160 Å². The summed E-state index contributed by atoms with van der Waals surface area (Å²) in [5, 5.41) is 0. The molecule has 7 heteroatoms. The first-order valence-corrected chi connectivity index (χ1v) is 9.18. The number of hydrogen-bond acceptors (Lipinski definition) is 6. The molecule has 0 aliphatic carbocycles. The monoisotopic (exact) mass is 379 g/mol. The van der Waals surface area contributed by atoms with E-state index < -0.39 is 23.8 Å². The fourth-order valence-corrected chi connectivity index (χ4v) is 2.70. The smallest absolute Gasteiger partial charge is 0.413 e. The van der Waals surface area contributed by atoms with E-state index in [9.17, 15) is 9.59 Å². The summed E-state index contributed by atoms with van der Waals surface area (Å²) >= 11 is 0. The Morgan fingerprint density at radius 3 is 2.44 bits per heavy atom. The highest BCUT2D eigenvalue weighted by Gasteiger charge is 2.28. The summed E-state index contributed by atoms with van der Waals surface area (Å²) in [6, 6.07) is 5.64. The van der Waals surface area contributed by atoms with Crippen LogP contribution in [0.15, 0.2) is 18.2 Å². The van der Waals surface area contributed by atoms with Crippen LogP contribution in [-0.4, -0.2) is 42.6 Å². The van der Waals surface area contributed by atoms with Gasteiger partial charge in [-0.2, -0.15) is 0 Å². The molecule has 0 saturated carbocycles. The highest BCUT2D eigenvalue weighted by Crippen LogP contribution is 2.33. The number of amides is 1. The average molecular weight is 379 g/mol. The van der Waals surface area contributed by atoms with Gasteiger partial charge in [-0.1, -0.05) is 6.07 Å². The number of carbonyl (C=O) groups excluding carboxylic acids is 2. The standard InChI is InChI=1S/C20H29NO6/c1-7-21(19(23)27-14(3)26-18(22)20(4,5)6)13(2)10-15-8-9-16-17(11-15)25-12-24-16/h8-9,11,13-14H,7,10,12H2,1-6H3. The number of rotatable bonds is 6. The van der Waals surface area contributed by atoms with Crippen LogP contribution in [0, 0.1) is 5.41 Å². The highest BCUT2D eigenvalue weighted by atomic mass is 16.7. The third-order valence-corrected chi connectivity index (χ3v) is 4.23.